The van der Waals surface area contributed by atoms with E-state index in [0.717, 1.165) is 25.9 Å². The Bertz CT molecular complexity index is 432. The van der Waals surface area contributed by atoms with Gasteiger partial charge in [0.15, 0.2) is 0 Å². The van der Waals surface area contributed by atoms with E-state index in [4.69, 9.17) is 10.5 Å². The molecule has 0 radical (unpaired) electrons. The van der Waals surface area contributed by atoms with Crippen LogP contribution in [0.1, 0.15) is 36.0 Å². The number of unbranched alkanes of at least 4 members (excludes halogenated alkanes) is 2. The highest BCUT2D eigenvalue weighted by Gasteiger charge is 2.05. The Kier molecular flexibility index (Phi) is 6.60. The van der Waals surface area contributed by atoms with Crippen LogP contribution in [0.15, 0.2) is 24.3 Å². The molecular weight excluding hydrogens is 244 g/mol. The third-order valence-corrected chi connectivity index (χ3v) is 2.68. The van der Waals surface area contributed by atoms with E-state index < -0.39 is 5.91 Å². The van der Waals surface area contributed by atoms with E-state index in [1.165, 1.54) is 0 Å². The lowest BCUT2D eigenvalue weighted by atomic mass is 10.1. The molecule has 1 aromatic carbocycles. The fraction of sp³-hybridized carbons (Fsp3) is 0.429. The molecule has 0 fully saturated rings. The van der Waals surface area contributed by atoms with Crippen LogP contribution in [0.3, 0.4) is 0 Å². The van der Waals surface area contributed by atoms with Gasteiger partial charge in [0.2, 0.25) is 11.8 Å². The molecule has 5 heteroatoms. The van der Waals surface area contributed by atoms with E-state index in [9.17, 15) is 9.59 Å². The monoisotopic (exact) mass is 264 g/mol. The number of nitrogens with two attached hydrogens (primary N) is 1. The van der Waals surface area contributed by atoms with E-state index in [0.29, 0.717) is 17.7 Å². The summed E-state index contributed by atoms with van der Waals surface area (Å²) >= 11 is 0. The highest BCUT2D eigenvalue weighted by molar-refractivity contribution is 5.96. The standard InChI is InChI=1S/C14H20N2O3/c1-19-9-4-2-3-8-13(17)16-12-7-5-6-11(10-12)14(15)18/h5-7,10H,2-4,8-9H2,1H3,(H2,15,18)(H,16,17). The van der Waals surface area contributed by atoms with Gasteiger partial charge < -0.3 is 15.8 Å². The maximum Gasteiger partial charge on any atom is 0.248 e. The van der Waals surface area contributed by atoms with Gasteiger partial charge in [-0.3, -0.25) is 9.59 Å². The molecule has 0 unspecified atom stereocenters. The molecule has 0 saturated carbocycles. The van der Waals surface area contributed by atoms with E-state index in [-0.39, 0.29) is 5.91 Å². The third kappa shape index (κ3) is 6.01. The average Bonchev–Trinajstić information content (AvgIpc) is 2.38. The first-order valence-corrected chi connectivity index (χ1v) is 6.32. The lowest BCUT2D eigenvalue weighted by molar-refractivity contribution is -0.116. The van der Waals surface area contributed by atoms with Crippen LogP contribution in [0.5, 0.6) is 0 Å². The number of anilines is 1. The van der Waals surface area contributed by atoms with E-state index in [1.807, 2.05) is 0 Å². The van der Waals surface area contributed by atoms with Gasteiger partial charge in [0.05, 0.1) is 0 Å². The van der Waals surface area contributed by atoms with Gasteiger partial charge >= 0.3 is 0 Å². The summed E-state index contributed by atoms with van der Waals surface area (Å²) in [5.41, 5.74) is 6.16. The van der Waals surface area contributed by atoms with Gasteiger partial charge in [-0.15, -0.1) is 0 Å². The Morgan fingerprint density at radius 3 is 2.74 bits per heavy atom. The zero-order valence-corrected chi connectivity index (χ0v) is 11.1. The summed E-state index contributed by atoms with van der Waals surface area (Å²) in [6.07, 6.45) is 3.21. The Morgan fingerprint density at radius 2 is 2.05 bits per heavy atom. The summed E-state index contributed by atoms with van der Waals surface area (Å²) in [4.78, 5) is 22.7. The smallest absolute Gasteiger partial charge is 0.248 e. The normalized spacial score (nSPS) is 10.2. The van der Waals surface area contributed by atoms with Gasteiger partial charge in [0.25, 0.3) is 0 Å². The second kappa shape index (κ2) is 8.26. The van der Waals surface area contributed by atoms with Gasteiger partial charge in [-0.2, -0.15) is 0 Å². The molecule has 1 rings (SSSR count). The molecule has 104 valence electrons. The van der Waals surface area contributed by atoms with Crippen molar-refractivity contribution >= 4 is 17.5 Å². The zero-order chi connectivity index (χ0) is 14.1. The molecule has 0 aromatic heterocycles. The molecule has 0 heterocycles. The summed E-state index contributed by atoms with van der Waals surface area (Å²) in [7, 11) is 1.67. The number of primary amides is 1. The Balaban J connectivity index is 2.35. The first-order valence-electron chi connectivity index (χ1n) is 6.32. The van der Waals surface area contributed by atoms with Crippen molar-refractivity contribution in [2.45, 2.75) is 25.7 Å². The minimum absolute atomic E-state index is 0.0564. The van der Waals surface area contributed by atoms with Crippen molar-refractivity contribution in [3.63, 3.8) is 0 Å². The number of ether oxygens (including phenoxy) is 1. The number of hydrogen-bond acceptors (Lipinski definition) is 3. The molecule has 5 nitrogen and oxygen atoms in total. The van der Waals surface area contributed by atoms with Crippen LogP contribution in [0, 0.1) is 0 Å². The summed E-state index contributed by atoms with van der Waals surface area (Å²) in [6.45, 7) is 0.724. The van der Waals surface area contributed by atoms with Crippen LogP contribution in [0.25, 0.3) is 0 Å². The molecule has 0 atom stereocenters. The second-order valence-corrected chi connectivity index (χ2v) is 4.30. The van der Waals surface area contributed by atoms with Gasteiger partial charge in [0.1, 0.15) is 0 Å². The average molecular weight is 264 g/mol. The van der Waals surface area contributed by atoms with Crippen molar-refractivity contribution in [2.75, 3.05) is 19.0 Å². The fourth-order valence-corrected chi connectivity index (χ4v) is 1.68. The molecule has 1 aromatic rings. The molecule has 19 heavy (non-hydrogen) atoms. The van der Waals surface area contributed by atoms with Crippen molar-refractivity contribution in [2.24, 2.45) is 5.73 Å². The van der Waals surface area contributed by atoms with E-state index in [2.05, 4.69) is 5.32 Å². The number of carbonyl (C=O) groups excluding carboxylic acids is 2. The molecule has 0 aliphatic heterocycles. The quantitative estimate of drug-likeness (QED) is 0.704. The molecule has 0 aliphatic rings. The maximum absolute atomic E-state index is 11.7. The van der Waals surface area contributed by atoms with Crippen molar-refractivity contribution in [1.29, 1.82) is 0 Å². The number of methoxy groups -OCH3 is 1. The second-order valence-electron chi connectivity index (χ2n) is 4.30. The van der Waals surface area contributed by atoms with E-state index >= 15 is 0 Å². The SMILES string of the molecule is COCCCCCC(=O)Nc1cccc(C(N)=O)c1. The highest BCUT2D eigenvalue weighted by Crippen LogP contribution is 2.11. The summed E-state index contributed by atoms with van der Waals surface area (Å²) in [5, 5.41) is 2.75. The predicted molar refractivity (Wildman–Crippen MR) is 73.9 cm³/mol. The largest absolute Gasteiger partial charge is 0.385 e. The van der Waals surface area contributed by atoms with E-state index in [1.54, 1.807) is 31.4 Å². The highest BCUT2D eigenvalue weighted by atomic mass is 16.5. The molecule has 0 saturated heterocycles. The van der Waals surface area contributed by atoms with Crippen LogP contribution in [0.2, 0.25) is 0 Å². The Hall–Kier alpha value is -1.88. The number of nitrogens with one attached hydrogen (secondary N) is 1. The van der Waals surface area contributed by atoms with Crippen LogP contribution < -0.4 is 11.1 Å². The van der Waals surface area contributed by atoms with Gasteiger partial charge in [-0.1, -0.05) is 12.5 Å². The maximum atomic E-state index is 11.7. The lowest BCUT2D eigenvalue weighted by Gasteiger charge is -2.06. The van der Waals surface area contributed by atoms with Crippen LogP contribution in [-0.2, 0) is 9.53 Å². The molecular formula is C14H20N2O3. The van der Waals surface area contributed by atoms with Crippen LogP contribution in [-0.4, -0.2) is 25.5 Å². The summed E-state index contributed by atoms with van der Waals surface area (Å²) in [5.74, 6) is -0.560. The van der Waals surface area contributed by atoms with Crippen molar-refractivity contribution in [3.05, 3.63) is 29.8 Å². The van der Waals surface area contributed by atoms with Crippen molar-refractivity contribution < 1.29 is 14.3 Å². The van der Waals surface area contributed by atoms with Gasteiger partial charge in [-0.25, -0.2) is 0 Å². The topological polar surface area (TPSA) is 81.4 Å². The number of carbonyl (C=O) groups is 2. The van der Waals surface area contributed by atoms with Crippen LogP contribution in [0.4, 0.5) is 5.69 Å². The van der Waals surface area contributed by atoms with Gasteiger partial charge in [-0.05, 0) is 31.0 Å². The molecule has 3 N–H and O–H groups in total. The Morgan fingerprint density at radius 1 is 1.26 bits per heavy atom. The lowest BCUT2D eigenvalue weighted by Crippen LogP contribution is -2.14. The third-order valence-electron chi connectivity index (χ3n) is 2.68. The summed E-state index contributed by atoms with van der Waals surface area (Å²) in [6, 6.07) is 6.61. The molecule has 0 aliphatic carbocycles. The molecule has 0 bridgehead atoms. The number of hydrogen-bond donors (Lipinski definition) is 2. The number of benzene rings is 1. The van der Waals surface area contributed by atoms with Crippen molar-refractivity contribution in [1.82, 2.24) is 0 Å². The fourth-order valence-electron chi connectivity index (χ4n) is 1.68. The minimum atomic E-state index is -0.504. The van der Waals surface area contributed by atoms with Crippen LogP contribution >= 0.6 is 0 Å². The first-order chi connectivity index (χ1) is 9.13. The van der Waals surface area contributed by atoms with Crippen molar-refractivity contribution in [3.8, 4) is 0 Å². The van der Waals surface area contributed by atoms with Gasteiger partial charge in [0, 0.05) is 31.4 Å². The number of amides is 2. The minimum Gasteiger partial charge on any atom is -0.385 e. The molecule has 0 spiro atoms. The zero-order valence-electron chi connectivity index (χ0n) is 11.1. The Labute approximate surface area is 113 Å². The molecule has 2 amide bonds. The summed E-state index contributed by atoms with van der Waals surface area (Å²) < 4.78 is 4.94. The number of rotatable bonds is 8. The first kappa shape index (κ1) is 15.2. The predicted octanol–water partition coefficient (Wildman–Crippen LogP) is 1.93.